The van der Waals surface area contributed by atoms with Crippen molar-refractivity contribution in [3.8, 4) is 0 Å². The average Bonchev–Trinajstić information content (AvgIpc) is 2.82. The van der Waals surface area contributed by atoms with Gasteiger partial charge in [0, 0.05) is 12.2 Å². The van der Waals surface area contributed by atoms with Gasteiger partial charge < -0.3 is 20.7 Å². The molecule has 0 aliphatic carbocycles. The Morgan fingerprint density at radius 3 is 2.03 bits per heavy atom. The van der Waals surface area contributed by atoms with Crippen molar-refractivity contribution in [2.45, 2.75) is 25.4 Å². The zero-order chi connectivity index (χ0) is 24.4. The van der Waals surface area contributed by atoms with Crippen molar-refractivity contribution >= 4 is 17.6 Å². The van der Waals surface area contributed by atoms with Crippen LogP contribution >= 0.6 is 0 Å². The largest absolute Gasteiger partial charge is 0.411 e. The van der Waals surface area contributed by atoms with Gasteiger partial charge in [0.2, 0.25) is 0 Å². The fourth-order valence-electron chi connectivity index (χ4n) is 3.08. The molecule has 0 saturated carbocycles. The molecule has 3 N–H and O–H groups in total. The smallest absolute Gasteiger partial charge is 0.367 e. The van der Waals surface area contributed by atoms with Gasteiger partial charge in [0.25, 0.3) is 5.91 Å². The summed E-state index contributed by atoms with van der Waals surface area (Å²) in [6, 6.07) is 22.9. The summed E-state index contributed by atoms with van der Waals surface area (Å²) in [5.41, 5.74) is 2.54. The number of amides is 3. The number of ether oxygens (including phenoxy) is 1. The van der Waals surface area contributed by atoms with Gasteiger partial charge in [0.1, 0.15) is 12.6 Å². The predicted molar refractivity (Wildman–Crippen MR) is 122 cm³/mol. The second-order valence-corrected chi connectivity index (χ2v) is 7.45. The molecule has 0 saturated heterocycles. The van der Waals surface area contributed by atoms with Gasteiger partial charge in [-0.3, -0.25) is 4.79 Å². The summed E-state index contributed by atoms with van der Waals surface area (Å²) >= 11 is 0. The summed E-state index contributed by atoms with van der Waals surface area (Å²) in [5.74, 6) is -0.393. The van der Waals surface area contributed by atoms with Crippen LogP contribution in [0.1, 0.15) is 22.7 Å². The maximum atomic E-state index is 12.9. The lowest BCUT2D eigenvalue weighted by molar-refractivity contribution is -0.176. The number of carbonyl (C=O) groups is 2. The highest BCUT2D eigenvalue weighted by Gasteiger charge is 2.27. The van der Waals surface area contributed by atoms with Gasteiger partial charge in [-0.1, -0.05) is 72.8 Å². The molecule has 0 aliphatic heterocycles. The van der Waals surface area contributed by atoms with E-state index in [2.05, 4.69) is 20.7 Å². The highest BCUT2D eigenvalue weighted by Crippen LogP contribution is 2.17. The molecule has 0 aliphatic rings. The number of hydrogen-bond donors (Lipinski definition) is 3. The molecule has 0 spiro atoms. The van der Waals surface area contributed by atoms with Crippen LogP contribution in [0.4, 0.5) is 23.7 Å². The lowest BCUT2D eigenvalue weighted by Crippen LogP contribution is -2.42. The molecule has 178 valence electrons. The SMILES string of the molecule is O=C(NCc1ccc(COCC(F)(F)F)cc1)NC(C(=O)Nc1ccccc1)c1ccccc1. The van der Waals surface area contributed by atoms with E-state index >= 15 is 0 Å². The second kappa shape index (κ2) is 11.9. The number of carbonyl (C=O) groups excluding carboxylic acids is 2. The Kier molecular flexibility index (Phi) is 8.64. The number of urea groups is 1. The normalized spacial score (nSPS) is 12.0. The lowest BCUT2D eigenvalue weighted by atomic mass is 10.1. The fraction of sp³-hybridized carbons (Fsp3) is 0.200. The van der Waals surface area contributed by atoms with Gasteiger partial charge in [0.15, 0.2) is 0 Å². The third kappa shape index (κ3) is 8.25. The number of rotatable bonds is 9. The van der Waals surface area contributed by atoms with E-state index in [1.165, 1.54) is 0 Å². The predicted octanol–water partition coefficient (Wildman–Crippen LogP) is 4.94. The Hall–Kier alpha value is -3.85. The molecule has 3 aromatic rings. The van der Waals surface area contributed by atoms with Crippen LogP contribution in [0.5, 0.6) is 0 Å². The van der Waals surface area contributed by atoms with Crippen LogP contribution in [0.15, 0.2) is 84.9 Å². The molecule has 6 nitrogen and oxygen atoms in total. The van der Waals surface area contributed by atoms with E-state index in [0.717, 1.165) is 5.56 Å². The minimum atomic E-state index is -4.37. The number of anilines is 1. The quantitative estimate of drug-likeness (QED) is 0.413. The molecule has 1 atom stereocenters. The van der Waals surface area contributed by atoms with E-state index in [9.17, 15) is 22.8 Å². The van der Waals surface area contributed by atoms with Crippen molar-refractivity contribution in [2.75, 3.05) is 11.9 Å². The van der Waals surface area contributed by atoms with Gasteiger partial charge in [-0.05, 0) is 28.8 Å². The van der Waals surface area contributed by atoms with Crippen LogP contribution in [-0.2, 0) is 22.7 Å². The Morgan fingerprint density at radius 1 is 0.824 bits per heavy atom. The Balaban J connectivity index is 1.55. The third-order valence-corrected chi connectivity index (χ3v) is 4.72. The zero-order valence-corrected chi connectivity index (χ0v) is 18.1. The zero-order valence-electron chi connectivity index (χ0n) is 18.1. The highest BCUT2D eigenvalue weighted by atomic mass is 19.4. The molecule has 0 heterocycles. The Labute approximate surface area is 195 Å². The molecular formula is C25H24F3N3O3. The standard InChI is InChI=1S/C25H24F3N3O3/c26-25(27,28)17-34-16-19-13-11-18(12-14-19)15-29-24(33)31-22(20-7-3-1-4-8-20)23(32)30-21-9-5-2-6-10-21/h1-14,22H,15-17H2,(H,30,32)(H2,29,31,33). The monoisotopic (exact) mass is 471 g/mol. The van der Waals surface area contributed by atoms with Crippen molar-refractivity contribution in [3.63, 3.8) is 0 Å². The van der Waals surface area contributed by atoms with Crippen molar-refractivity contribution in [1.29, 1.82) is 0 Å². The lowest BCUT2D eigenvalue weighted by Gasteiger charge is -2.19. The summed E-state index contributed by atoms with van der Waals surface area (Å²) in [4.78, 5) is 25.4. The maximum absolute atomic E-state index is 12.9. The maximum Gasteiger partial charge on any atom is 0.411 e. The van der Waals surface area contributed by atoms with E-state index < -0.39 is 30.8 Å². The summed E-state index contributed by atoms with van der Waals surface area (Å²) in [5, 5.41) is 8.17. The van der Waals surface area contributed by atoms with Crippen molar-refractivity contribution in [2.24, 2.45) is 0 Å². The van der Waals surface area contributed by atoms with Crippen LogP contribution in [0.3, 0.4) is 0 Å². The molecule has 3 rings (SSSR count). The van der Waals surface area contributed by atoms with Crippen LogP contribution in [0.2, 0.25) is 0 Å². The molecule has 34 heavy (non-hydrogen) atoms. The van der Waals surface area contributed by atoms with E-state index in [1.807, 2.05) is 12.1 Å². The number of para-hydroxylation sites is 1. The van der Waals surface area contributed by atoms with Gasteiger partial charge >= 0.3 is 12.2 Å². The summed E-state index contributed by atoms with van der Waals surface area (Å²) in [7, 11) is 0. The summed E-state index contributed by atoms with van der Waals surface area (Å²) in [6.45, 7) is -1.31. The fourth-order valence-corrected chi connectivity index (χ4v) is 3.08. The summed E-state index contributed by atoms with van der Waals surface area (Å²) < 4.78 is 41.1. The van der Waals surface area contributed by atoms with Crippen LogP contribution < -0.4 is 16.0 Å². The average molecular weight is 471 g/mol. The van der Waals surface area contributed by atoms with E-state index in [4.69, 9.17) is 0 Å². The van der Waals surface area contributed by atoms with Crippen LogP contribution in [0.25, 0.3) is 0 Å². The highest BCUT2D eigenvalue weighted by molar-refractivity contribution is 5.97. The number of halogens is 3. The first kappa shape index (κ1) is 24.8. The third-order valence-electron chi connectivity index (χ3n) is 4.72. The number of nitrogens with one attached hydrogen (secondary N) is 3. The molecule has 3 amide bonds. The minimum Gasteiger partial charge on any atom is -0.367 e. The first-order valence-electron chi connectivity index (χ1n) is 10.5. The van der Waals surface area contributed by atoms with E-state index in [1.54, 1.807) is 72.8 Å². The Bertz CT molecular complexity index is 1060. The topological polar surface area (TPSA) is 79.5 Å². The van der Waals surface area contributed by atoms with Gasteiger partial charge in [-0.2, -0.15) is 13.2 Å². The number of benzene rings is 3. The van der Waals surface area contributed by atoms with Crippen LogP contribution in [-0.4, -0.2) is 24.7 Å². The van der Waals surface area contributed by atoms with Crippen LogP contribution in [0, 0.1) is 0 Å². The van der Waals surface area contributed by atoms with Crippen molar-refractivity contribution < 1.29 is 27.5 Å². The summed E-state index contributed by atoms with van der Waals surface area (Å²) in [6.07, 6.45) is -4.37. The van der Waals surface area contributed by atoms with Crippen molar-refractivity contribution in [1.82, 2.24) is 10.6 Å². The van der Waals surface area contributed by atoms with Gasteiger partial charge in [0.05, 0.1) is 6.61 Å². The minimum absolute atomic E-state index is 0.164. The molecule has 0 bridgehead atoms. The van der Waals surface area contributed by atoms with Gasteiger partial charge in [-0.15, -0.1) is 0 Å². The van der Waals surface area contributed by atoms with E-state index in [-0.39, 0.29) is 13.2 Å². The first-order valence-corrected chi connectivity index (χ1v) is 10.5. The second-order valence-electron chi connectivity index (χ2n) is 7.45. The molecule has 0 aromatic heterocycles. The Morgan fingerprint density at radius 2 is 1.41 bits per heavy atom. The molecular weight excluding hydrogens is 447 g/mol. The van der Waals surface area contributed by atoms with Gasteiger partial charge in [-0.25, -0.2) is 4.79 Å². The number of alkyl halides is 3. The number of hydrogen-bond acceptors (Lipinski definition) is 3. The molecule has 3 aromatic carbocycles. The first-order chi connectivity index (χ1) is 16.3. The molecule has 1 unspecified atom stereocenters. The van der Waals surface area contributed by atoms with Crippen molar-refractivity contribution in [3.05, 3.63) is 102 Å². The van der Waals surface area contributed by atoms with E-state index in [0.29, 0.717) is 16.8 Å². The molecule has 9 heteroatoms. The molecule has 0 radical (unpaired) electrons. The molecule has 0 fully saturated rings.